The van der Waals surface area contributed by atoms with Crippen LogP contribution in [0.5, 0.6) is 0 Å². The third kappa shape index (κ3) is 4.46. The Morgan fingerprint density at radius 1 is 0.938 bits per heavy atom. The number of para-hydroxylation sites is 1. The van der Waals surface area contributed by atoms with Crippen LogP contribution >= 0.6 is 0 Å². The second kappa shape index (κ2) is 9.10. The molecule has 0 atom stereocenters. The molecular weight excluding hydrogens is 422 g/mol. The Morgan fingerprint density at radius 3 is 2.00 bits per heavy atom. The molecule has 3 aromatic rings. The number of hydrogen-bond acceptors (Lipinski definition) is 3. The smallest absolute Gasteiger partial charge is 0.303 e. The fraction of sp³-hybridized carbons (Fsp3) is 0.423. The van der Waals surface area contributed by atoms with Crippen LogP contribution in [0.25, 0.3) is 10.9 Å². The van der Waals surface area contributed by atoms with Gasteiger partial charge in [0.25, 0.3) is 0 Å². The number of carboxylic acids is 1. The van der Waals surface area contributed by atoms with Gasteiger partial charge in [0.05, 0.1) is 4.90 Å². The van der Waals surface area contributed by atoms with Crippen LogP contribution in [-0.4, -0.2) is 24.5 Å². The van der Waals surface area contributed by atoms with E-state index in [1.165, 1.54) is 0 Å². The van der Waals surface area contributed by atoms with Gasteiger partial charge in [-0.2, -0.15) is 0 Å². The molecule has 0 radical (unpaired) electrons. The largest absolute Gasteiger partial charge is 0.481 e. The molecule has 0 saturated heterocycles. The Bertz CT molecular complexity index is 1220. The maximum atomic E-state index is 14.2. The first-order valence-electron chi connectivity index (χ1n) is 11.2. The van der Waals surface area contributed by atoms with E-state index >= 15 is 0 Å². The van der Waals surface area contributed by atoms with Gasteiger partial charge >= 0.3 is 5.97 Å². The van der Waals surface area contributed by atoms with Crippen molar-refractivity contribution in [3.63, 3.8) is 0 Å². The summed E-state index contributed by atoms with van der Waals surface area (Å²) in [7, 11) is -3.92. The van der Waals surface area contributed by atoms with Crippen LogP contribution in [0.4, 0.5) is 0 Å². The lowest BCUT2D eigenvalue weighted by molar-refractivity contribution is -0.136. The molecule has 6 heteroatoms. The van der Waals surface area contributed by atoms with Gasteiger partial charge in [-0.15, -0.1) is 0 Å². The molecule has 1 heterocycles. The van der Waals surface area contributed by atoms with E-state index in [0.717, 1.165) is 22.1 Å². The number of rotatable bonds is 8. The average Bonchev–Trinajstić information content (AvgIpc) is 3.10. The lowest BCUT2D eigenvalue weighted by Gasteiger charge is -2.23. The molecule has 32 heavy (non-hydrogen) atoms. The van der Waals surface area contributed by atoms with Crippen molar-refractivity contribution >= 4 is 26.7 Å². The second-order valence-electron chi connectivity index (χ2n) is 9.37. The van der Waals surface area contributed by atoms with E-state index in [4.69, 9.17) is 0 Å². The number of aryl methyl sites for hydroxylation is 1. The van der Waals surface area contributed by atoms with Gasteiger partial charge in [-0.3, -0.25) is 4.79 Å². The van der Waals surface area contributed by atoms with Crippen LogP contribution in [0, 0.1) is 0 Å². The minimum absolute atomic E-state index is 0.0165. The molecule has 3 rings (SSSR count). The minimum Gasteiger partial charge on any atom is -0.481 e. The monoisotopic (exact) mass is 455 g/mol. The van der Waals surface area contributed by atoms with Gasteiger partial charge in [0, 0.05) is 17.3 Å². The highest BCUT2D eigenvalue weighted by Gasteiger charge is 2.32. The maximum Gasteiger partial charge on any atom is 0.303 e. The second-order valence-corrected chi connectivity index (χ2v) is 11.2. The van der Waals surface area contributed by atoms with Crippen molar-refractivity contribution in [2.24, 2.45) is 0 Å². The molecular formula is C26H33NO4S. The zero-order valence-corrected chi connectivity index (χ0v) is 20.5. The normalized spacial score (nSPS) is 12.4. The summed E-state index contributed by atoms with van der Waals surface area (Å²) in [5.74, 6) is -0.641. The van der Waals surface area contributed by atoms with Crippen molar-refractivity contribution in [1.29, 1.82) is 0 Å². The van der Waals surface area contributed by atoms with Crippen molar-refractivity contribution in [2.75, 3.05) is 0 Å². The van der Waals surface area contributed by atoms with Crippen LogP contribution in [-0.2, 0) is 21.1 Å². The van der Waals surface area contributed by atoms with Crippen LogP contribution in [0.1, 0.15) is 88.0 Å². The topological polar surface area (TPSA) is 87.2 Å². The molecule has 0 aliphatic carbocycles. The molecule has 0 amide bonds. The number of hydrogen-bond donors (Lipinski definition) is 2. The molecule has 1 aromatic heterocycles. The first-order valence-corrected chi connectivity index (χ1v) is 12.7. The van der Waals surface area contributed by atoms with Crippen LogP contribution in [0.3, 0.4) is 0 Å². The maximum absolute atomic E-state index is 14.2. The number of nitrogens with one attached hydrogen (secondary N) is 1. The van der Waals surface area contributed by atoms with Gasteiger partial charge in [-0.05, 0) is 52.5 Å². The third-order valence-electron chi connectivity index (χ3n) is 5.98. The molecule has 5 nitrogen and oxygen atoms in total. The Labute approximate surface area is 190 Å². The SMILES string of the molecule is CC(C)c1cc(C(C)C)c(S(=O)(=O)c2[nH]c3ccccc3c2CCC(=O)O)c(C(C)C)c1. The summed E-state index contributed by atoms with van der Waals surface area (Å²) < 4.78 is 28.4. The van der Waals surface area contributed by atoms with E-state index in [1.807, 2.05) is 64.1 Å². The fourth-order valence-electron chi connectivity index (χ4n) is 4.19. The number of aliphatic carboxylic acids is 1. The highest BCUT2D eigenvalue weighted by atomic mass is 32.2. The van der Waals surface area contributed by atoms with Gasteiger partial charge in [0.1, 0.15) is 5.03 Å². The average molecular weight is 456 g/mol. The standard InChI is InChI=1S/C26H33NO4S/c1-15(2)18-13-21(16(3)4)25(22(14-18)17(5)6)32(30,31)26-20(11-12-24(28)29)19-9-7-8-10-23(19)27-26/h7-10,13-17,27H,11-12H2,1-6H3,(H,28,29). The zero-order valence-electron chi connectivity index (χ0n) is 19.7. The lowest BCUT2D eigenvalue weighted by atomic mass is 9.89. The van der Waals surface area contributed by atoms with E-state index in [2.05, 4.69) is 18.8 Å². The Hall–Kier alpha value is -2.60. The van der Waals surface area contributed by atoms with E-state index in [0.29, 0.717) is 16.0 Å². The highest BCUT2D eigenvalue weighted by Crippen LogP contribution is 2.40. The molecule has 0 fully saturated rings. The quantitative estimate of drug-likeness (QED) is 0.412. The number of fused-ring (bicyclic) bond motifs is 1. The van der Waals surface area contributed by atoms with Gasteiger partial charge in [-0.25, -0.2) is 8.42 Å². The number of benzene rings is 2. The van der Waals surface area contributed by atoms with Gasteiger partial charge < -0.3 is 10.1 Å². The minimum atomic E-state index is -3.92. The summed E-state index contributed by atoms with van der Waals surface area (Å²) in [5, 5.41) is 10.1. The zero-order chi connectivity index (χ0) is 23.8. The van der Waals surface area contributed by atoms with Crippen LogP contribution in [0.15, 0.2) is 46.3 Å². The molecule has 0 aliphatic rings. The first-order chi connectivity index (χ1) is 14.9. The van der Waals surface area contributed by atoms with Gasteiger partial charge in [-0.1, -0.05) is 71.9 Å². The van der Waals surface area contributed by atoms with E-state index < -0.39 is 15.8 Å². The van der Waals surface area contributed by atoms with E-state index in [1.54, 1.807) is 0 Å². The molecule has 0 spiro atoms. The number of sulfone groups is 1. The summed E-state index contributed by atoms with van der Waals surface area (Å²) in [6.07, 6.45) is 0.0107. The van der Waals surface area contributed by atoms with Crippen molar-refractivity contribution < 1.29 is 18.3 Å². The number of carboxylic acid groups (broad SMARTS) is 1. The fourth-order valence-corrected chi connectivity index (χ4v) is 6.38. The summed E-state index contributed by atoms with van der Waals surface area (Å²) >= 11 is 0. The number of aromatic nitrogens is 1. The lowest BCUT2D eigenvalue weighted by Crippen LogP contribution is -2.15. The third-order valence-corrected chi connectivity index (χ3v) is 7.87. The predicted octanol–water partition coefficient (Wildman–Crippen LogP) is 6.39. The Kier molecular flexibility index (Phi) is 6.84. The Morgan fingerprint density at radius 2 is 1.50 bits per heavy atom. The molecule has 0 saturated carbocycles. The van der Waals surface area contributed by atoms with Crippen molar-refractivity contribution in [2.45, 2.75) is 82.1 Å². The molecule has 2 N–H and O–H groups in total. The molecule has 172 valence electrons. The van der Waals surface area contributed by atoms with Gasteiger partial charge in [0.15, 0.2) is 0 Å². The number of aromatic amines is 1. The molecule has 0 aliphatic heterocycles. The highest BCUT2D eigenvalue weighted by molar-refractivity contribution is 7.91. The molecule has 0 bridgehead atoms. The van der Waals surface area contributed by atoms with Crippen molar-refractivity contribution in [1.82, 2.24) is 4.98 Å². The van der Waals surface area contributed by atoms with Gasteiger partial charge in [0.2, 0.25) is 9.84 Å². The summed E-state index contributed by atoms with van der Waals surface area (Å²) in [6, 6.07) is 11.4. The summed E-state index contributed by atoms with van der Waals surface area (Å²) in [6.45, 7) is 12.3. The van der Waals surface area contributed by atoms with Crippen molar-refractivity contribution in [3.05, 3.63) is 58.7 Å². The number of H-pyrrole nitrogens is 1. The number of carbonyl (C=O) groups is 1. The summed E-state index contributed by atoms with van der Waals surface area (Å²) in [5.41, 5.74) is 3.98. The van der Waals surface area contributed by atoms with Crippen molar-refractivity contribution in [3.8, 4) is 0 Å². The Balaban J connectivity index is 2.37. The first kappa shape index (κ1) is 24.1. The molecule has 0 unspecified atom stereocenters. The van der Waals surface area contributed by atoms with E-state index in [-0.39, 0.29) is 35.6 Å². The van der Waals surface area contributed by atoms with E-state index in [9.17, 15) is 18.3 Å². The van der Waals surface area contributed by atoms with Crippen LogP contribution < -0.4 is 0 Å². The predicted molar refractivity (Wildman–Crippen MR) is 128 cm³/mol. The molecule has 2 aromatic carbocycles. The summed E-state index contributed by atoms with van der Waals surface area (Å²) in [4.78, 5) is 14.8. The van der Waals surface area contributed by atoms with Crippen LogP contribution in [0.2, 0.25) is 0 Å².